The second-order valence-electron chi connectivity index (χ2n) is 11.4. The normalized spacial score (nSPS) is 43.9. The molecular formula is C28H39FO6. The number of halogens is 1. The van der Waals surface area contributed by atoms with E-state index in [1.54, 1.807) is 13.8 Å². The number of hydrogen-bond acceptors (Lipinski definition) is 6. The van der Waals surface area contributed by atoms with E-state index in [0.717, 1.165) is 18.4 Å². The maximum atomic E-state index is 17.3. The molecule has 3 saturated carbocycles. The lowest BCUT2D eigenvalue weighted by Gasteiger charge is -2.63. The molecule has 0 amide bonds. The highest BCUT2D eigenvalue weighted by Crippen LogP contribution is 2.71. The highest BCUT2D eigenvalue weighted by atomic mass is 19.1. The van der Waals surface area contributed by atoms with Crippen LogP contribution >= 0.6 is 0 Å². The Hall–Kier alpha value is -2.02. The molecule has 0 aliphatic heterocycles. The first-order valence-electron chi connectivity index (χ1n) is 13.1. The molecule has 4 aliphatic rings. The van der Waals surface area contributed by atoms with Gasteiger partial charge in [0.15, 0.2) is 17.9 Å². The molecule has 7 heteroatoms. The zero-order valence-electron chi connectivity index (χ0n) is 21.6. The highest BCUT2D eigenvalue weighted by molar-refractivity contribution is 5.93. The summed E-state index contributed by atoms with van der Waals surface area (Å²) >= 11 is 0. The maximum Gasteiger partial charge on any atom is 0.306 e. The third kappa shape index (κ3) is 3.40. The Balaban J connectivity index is 1.80. The molecule has 194 valence electrons. The minimum atomic E-state index is -1.89. The molecule has 1 N–H and O–H groups in total. The van der Waals surface area contributed by atoms with Gasteiger partial charge < -0.3 is 14.6 Å². The van der Waals surface area contributed by atoms with Gasteiger partial charge in [0.25, 0.3) is 0 Å². The van der Waals surface area contributed by atoms with E-state index in [1.807, 2.05) is 32.9 Å². The van der Waals surface area contributed by atoms with Crippen LogP contribution in [-0.2, 0) is 23.9 Å². The number of aliphatic hydroxyl groups is 1. The van der Waals surface area contributed by atoms with Crippen LogP contribution in [-0.4, -0.2) is 46.8 Å². The van der Waals surface area contributed by atoms with Crippen molar-refractivity contribution in [2.45, 2.75) is 96.9 Å². The number of alkyl halides is 1. The zero-order valence-corrected chi connectivity index (χ0v) is 21.6. The Bertz CT molecular complexity index is 972. The molecule has 3 fully saturated rings. The molecule has 0 radical (unpaired) electrons. The highest BCUT2D eigenvalue weighted by Gasteiger charge is 2.77. The number of ketones is 1. The molecule has 6 nitrogen and oxygen atoms in total. The van der Waals surface area contributed by atoms with Gasteiger partial charge in [0.1, 0.15) is 0 Å². The van der Waals surface area contributed by atoms with Gasteiger partial charge in [0.05, 0.1) is 6.10 Å². The maximum absolute atomic E-state index is 17.3. The van der Waals surface area contributed by atoms with Gasteiger partial charge in [-0.25, -0.2) is 4.39 Å². The number of allylic oxidation sites excluding steroid dienone is 4. The summed E-state index contributed by atoms with van der Waals surface area (Å²) in [4.78, 5) is 38.3. The van der Waals surface area contributed by atoms with Crippen molar-refractivity contribution in [3.8, 4) is 0 Å². The average Bonchev–Trinajstić information content (AvgIpc) is 3.04. The molecule has 0 unspecified atom stereocenters. The Morgan fingerprint density at radius 3 is 2.49 bits per heavy atom. The van der Waals surface area contributed by atoms with Crippen LogP contribution in [0.1, 0.15) is 79.6 Å². The number of hydrogen-bond donors (Lipinski definition) is 1. The lowest BCUT2D eigenvalue weighted by Crippen LogP contribution is -2.70. The Kier molecular flexibility index (Phi) is 6.57. The summed E-state index contributed by atoms with van der Waals surface area (Å²) < 4.78 is 28.5. The number of rotatable bonds is 6. The predicted octanol–water partition coefficient (Wildman–Crippen LogP) is 4.64. The van der Waals surface area contributed by atoms with Crippen molar-refractivity contribution >= 4 is 17.7 Å². The van der Waals surface area contributed by atoms with Crippen LogP contribution in [0.4, 0.5) is 4.39 Å². The van der Waals surface area contributed by atoms with Gasteiger partial charge in [-0.05, 0) is 44.9 Å². The Labute approximate surface area is 207 Å². The van der Waals surface area contributed by atoms with Crippen LogP contribution in [0.15, 0.2) is 23.8 Å². The molecule has 35 heavy (non-hydrogen) atoms. The number of carbonyl (C=O) groups excluding carboxylic acids is 3. The summed E-state index contributed by atoms with van der Waals surface area (Å²) in [5, 5.41) is 11.6. The van der Waals surface area contributed by atoms with Crippen LogP contribution in [0.3, 0.4) is 0 Å². The fourth-order valence-corrected chi connectivity index (χ4v) is 8.14. The van der Waals surface area contributed by atoms with Crippen LogP contribution in [0.2, 0.25) is 0 Å². The lowest BCUT2D eigenvalue weighted by atomic mass is 9.44. The van der Waals surface area contributed by atoms with Gasteiger partial charge in [0, 0.05) is 35.5 Å². The summed E-state index contributed by atoms with van der Waals surface area (Å²) in [5.41, 5.74) is -4.37. The van der Waals surface area contributed by atoms with Gasteiger partial charge >= 0.3 is 11.9 Å². The number of carbonyl (C=O) groups is 3. The number of aliphatic hydroxyl groups excluding tert-OH is 1. The smallest absolute Gasteiger partial charge is 0.306 e. The van der Waals surface area contributed by atoms with E-state index in [0.29, 0.717) is 12.8 Å². The molecule has 4 rings (SSSR count). The van der Waals surface area contributed by atoms with Crippen LogP contribution in [0, 0.1) is 28.6 Å². The average molecular weight is 491 g/mol. The molecule has 0 saturated heterocycles. The Morgan fingerprint density at radius 2 is 1.83 bits per heavy atom. The minimum absolute atomic E-state index is 0.0177. The second-order valence-corrected chi connectivity index (χ2v) is 11.4. The molecule has 0 spiro atoms. The summed E-state index contributed by atoms with van der Waals surface area (Å²) in [6.07, 6.45) is 7.34. The summed E-state index contributed by atoms with van der Waals surface area (Å²) in [6, 6.07) is 0. The van der Waals surface area contributed by atoms with Gasteiger partial charge in [-0.15, -0.1) is 0 Å². The molecule has 4 aliphatic carbocycles. The SMILES string of the molecule is CCC(=O)OCC(=O)[C@@]1(OC(=O)CC)[C@H](C)C[C@H]2[C@@H]3CCC4=CCC=C[C@]4(C)[C@@]3(F)[C@@H](O)C[C@@]21C. The van der Waals surface area contributed by atoms with Crippen molar-refractivity contribution in [1.29, 1.82) is 0 Å². The van der Waals surface area contributed by atoms with Crippen molar-refractivity contribution in [2.24, 2.45) is 28.6 Å². The molecule has 0 aromatic carbocycles. The van der Waals surface area contributed by atoms with E-state index in [9.17, 15) is 19.5 Å². The molecular weight excluding hydrogens is 451 g/mol. The monoisotopic (exact) mass is 490 g/mol. The van der Waals surface area contributed by atoms with E-state index in [2.05, 4.69) is 6.08 Å². The standard InChI is InChI=1S/C28H39FO6/c1-6-23(32)34-16-22(31)28(35-24(33)7-2)17(3)14-20-19-12-11-18-10-8-9-13-25(18,4)27(19,29)21(30)15-26(20,28)5/h9-10,13,17,19-21,30H,6-8,11-12,14-16H2,1-5H3/t17-,19+,20+,21+,25+,26+,27+,28+/m1/s1. The fourth-order valence-electron chi connectivity index (χ4n) is 8.14. The lowest BCUT2D eigenvalue weighted by molar-refractivity contribution is -0.228. The predicted molar refractivity (Wildman–Crippen MR) is 128 cm³/mol. The molecule has 0 bridgehead atoms. The van der Waals surface area contributed by atoms with Crippen LogP contribution in [0.25, 0.3) is 0 Å². The zero-order chi connectivity index (χ0) is 25.8. The van der Waals surface area contributed by atoms with Crippen LogP contribution in [0.5, 0.6) is 0 Å². The van der Waals surface area contributed by atoms with Gasteiger partial charge in [0.2, 0.25) is 5.78 Å². The van der Waals surface area contributed by atoms with Gasteiger partial charge in [-0.2, -0.15) is 0 Å². The number of esters is 2. The van der Waals surface area contributed by atoms with Crippen molar-refractivity contribution in [3.05, 3.63) is 23.8 Å². The van der Waals surface area contributed by atoms with Crippen LogP contribution < -0.4 is 0 Å². The summed E-state index contributed by atoms with van der Waals surface area (Å²) in [7, 11) is 0. The minimum Gasteiger partial charge on any atom is -0.457 e. The van der Waals surface area contributed by atoms with E-state index >= 15 is 4.39 Å². The molecule has 0 heterocycles. The third-order valence-electron chi connectivity index (χ3n) is 9.87. The largest absolute Gasteiger partial charge is 0.457 e. The van der Waals surface area contributed by atoms with Crippen molar-refractivity contribution in [3.63, 3.8) is 0 Å². The van der Waals surface area contributed by atoms with Gasteiger partial charge in [-0.3, -0.25) is 14.4 Å². The van der Waals surface area contributed by atoms with E-state index in [1.165, 1.54) is 0 Å². The van der Waals surface area contributed by atoms with E-state index < -0.39 is 64.4 Å². The number of ether oxygens (including phenoxy) is 2. The van der Waals surface area contributed by atoms with Gasteiger partial charge in [-0.1, -0.05) is 51.5 Å². The van der Waals surface area contributed by atoms with Crippen molar-refractivity contribution in [2.75, 3.05) is 6.61 Å². The topological polar surface area (TPSA) is 89.9 Å². The van der Waals surface area contributed by atoms with Crippen molar-refractivity contribution < 1.29 is 33.4 Å². The third-order valence-corrected chi connectivity index (χ3v) is 9.87. The van der Waals surface area contributed by atoms with E-state index in [-0.39, 0.29) is 25.2 Å². The molecule has 0 aromatic heterocycles. The second kappa shape index (κ2) is 8.82. The first kappa shape index (κ1) is 26.1. The molecule has 0 aromatic rings. The van der Waals surface area contributed by atoms with Crippen molar-refractivity contribution in [1.82, 2.24) is 0 Å². The Morgan fingerprint density at radius 1 is 1.14 bits per heavy atom. The summed E-state index contributed by atoms with van der Waals surface area (Å²) in [6.45, 7) is 8.38. The van der Waals surface area contributed by atoms with E-state index in [4.69, 9.17) is 9.47 Å². The quantitative estimate of drug-likeness (QED) is 0.431. The summed E-state index contributed by atoms with van der Waals surface area (Å²) in [5.74, 6) is -2.74. The first-order valence-corrected chi connectivity index (χ1v) is 13.1. The fraction of sp³-hybridized carbons (Fsp3) is 0.750. The first-order chi connectivity index (χ1) is 16.4. The number of Topliss-reactive ketones (excluding diaryl/α,β-unsaturated/α-hetero) is 1. The number of fused-ring (bicyclic) bond motifs is 5. The molecule has 8 atom stereocenters.